The number of sulfonamides is 1. The Hall–Kier alpha value is -2.19. The Morgan fingerprint density at radius 1 is 1.27 bits per heavy atom. The van der Waals surface area contributed by atoms with Crippen molar-refractivity contribution in [1.29, 1.82) is 0 Å². The normalized spacial score (nSPS) is 13.6. The molecule has 26 heavy (non-hydrogen) atoms. The molecule has 1 heterocycles. The monoisotopic (exact) mass is 379 g/mol. The van der Waals surface area contributed by atoms with E-state index in [4.69, 9.17) is 0 Å². The predicted octanol–water partition coefficient (Wildman–Crippen LogP) is 1.30. The van der Waals surface area contributed by atoms with Gasteiger partial charge < -0.3 is 10.2 Å². The Balaban J connectivity index is 2.04. The summed E-state index contributed by atoms with van der Waals surface area (Å²) >= 11 is 0. The maximum Gasteiger partial charge on any atom is 0.242 e. The molecule has 0 saturated heterocycles. The van der Waals surface area contributed by atoms with Gasteiger partial charge in [-0.3, -0.25) is 9.59 Å². The smallest absolute Gasteiger partial charge is 0.242 e. The molecule has 0 saturated carbocycles. The summed E-state index contributed by atoms with van der Waals surface area (Å²) in [4.78, 5) is 26.0. The lowest BCUT2D eigenvalue weighted by molar-refractivity contribution is -0.125. The largest absolute Gasteiger partial charge is 0.352 e. The number of fused-ring (bicyclic) bond motifs is 1. The summed E-state index contributed by atoms with van der Waals surface area (Å²) in [6, 6.07) is 4.80. The van der Waals surface area contributed by atoms with Gasteiger partial charge in [-0.25, -0.2) is 12.7 Å². The van der Waals surface area contributed by atoms with Crippen LogP contribution in [0.5, 0.6) is 0 Å². The Morgan fingerprint density at radius 3 is 2.58 bits per heavy atom. The molecule has 7 nitrogen and oxygen atoms in total. The summed E-state index contributed by atoms with van der Waals surface area (Å²) in [6.45, 7) is 6.43. The van der Waals surface area contributed by atoms with Gasteiger partial charge >= 0.3 is 0 Å². The van der Waals surface area contributed by atoms with Crippen molar-refractivity contribution < 1.29 is 18.0 Å². The van der Waals surface area contributed by atoms with E-state index in [1.165, 1.54) is 20.2 Å². The number of hydrogen-bond donors (Lipinski definition) is 1. The quantitative estimate of drug-likeness (QED) is 0.724. The number of amides is 2. The van der Waals surface area contributed by atoms with Gasteiger partial charge in [-0.2, -0.15) is 0 Å². The topological polar surface area (TPSA) is 86.8 Å². The summed E-state index contributed by atoms with van der Waals surface area (Å²) in [5.74, 6) is -0.328. The fourth-order valence-corrected chi connectivity index (χ4v) is 3.65. The molecule has 0 radical (unpaired) electrons. The van der Waals surface area contributed by atoms with Crippen molar-refractivity contribution in [2.75, 3.05) is 32.1 Å². The van der Waals surface area contributed by atoms with Gasteiger partial charge in [0.1, 0.15) is 0 Å². The average molecular weight is 379 g/mol. The first-order valence-corrected chi connectivity index (χ1v) is 9.84. The lowest BCUT2D eigenvalue weighted by atomic mass is 10.2. The summed E-state index contributed by atoms with van der Waals surface area (Å²) in [7, 11) is -0.534. The Bertz CT molecular complexity index is 831. The third-order valence-corrected chi connectivity index (χ3v) is 5.99. The molecule has 0 unspecified atom stereocenters. The second kappa shape index (κ2) is 8.01. The first-order valence-electron chi connectivity index (χ1n) is 8.40. The van der Waals surface area contributed by atoms with Gasteiger partial charge in [0.2, 0.25) is 21.8 Å². The van der Waals surface area contributed by atoms with Crippen LogP contribution >= 0.6 is 0 Å². The number of rotatable bonds is 7. The predicted molar refractivity (Wildman–Crippen MR) is 100 cm³/mol. The van der Waals surface area contributed by atoms with E-state index >= 15 is 0 Å². The molecule has 2 rings (SSSR count). The van der Waals surface area contributed by atoms with Crippen molar-refractivity contribution in [3.63, 3.8) is 0 Å². The molecular formula is C18H25N3O4S. The number of anilines is 1. The molecule has 1 aromatic carbocycles. The van der Waals surface area contributed by atoms with Crippen LogP contribution in [-0.2, 0) is 26.0 Å². The van der Waals surface area contributed by atoms with Crippen LogP contribution in [0.25, 0.3) is 0 Å². The molecule has 1 aliphatic rings. The number of hydrogen-bond acceptors (Lipinski definition) is 4. The molecule has 0 atom stereocenters. The van der Waals surface area contributed by atoms with E-state index < -0.39 is 10.0 Å². The minimum absolute atomic E-state index is 0.110. The number of benzene rings is 1. The first kappa shape index (κ1) is 20.1. The van der Waals surface area contributed by atoms with E-state index in [-0.39, 0.29) is 29.6 Å². The van der Waals surface area contributed by atoms with Gasteiger partial charge in [0.05, 0.1) is 4.90 Å². The minimum Gasteiger partial charge on any atom is -0.352 e. The molecule has 2 amide bonds. The van der Waals surface area contributed by atoms with Crippen molar-refractivity contribution in [3.05, 3.63) is 35.9 Å². The van der Waals surface area contributed by atoms with Crippen LogP contribution in [0.2, 0.25) is 0 Å². The van der Waals surface area contributed by atoms with E-state index in [2.05, 4.69) is 11.9 Å². The van der Waals surface area contributed by atoms with Crippen LogP contribution in [0.4, 0.5) is 5.69 Å². The molecule has 142 valence electrons. The van der Waals surface area contributed by atoms with Gasteiger partial charge in [0, 0.05) is 45.7 Å². The summed E-state index contributed by atoms with van der Waals surface area (Å²) in [5, 5.41) is 2.70. The van der Waals surface area contributed by atoms with Crippen molar-refractivity contribution in [2.45, 2.75) is 31.1 Å². The van der Waals surface area contributed by atoms with Crippen molar-refractivity contribution in [3.8, 4) is 0 Å². The molecule has 1 aromatic rings. The lowest BCUT2D eigenvalue weighted by Gasteiger charge is -2.18. The molecule has 0 bridgehead atoms. The third kappa shape index (κ3) is 4.50. The highest BCUT2D eigenvalue weighted by atomic mass is 32.2. The van der Waals surface area contributed by atoms with Crippen molar-refractivity contribution >= 4 is 27.5 Å². The maximum atomic E-state index is 12.4. The third-order valence-electron chi connectivity index (χ3n) is 4.18. The van der Waals surface area contributed by atoms with Gasteiger partial charge in [0.25, 0.3) is 0 Å². The number of carbonyl (C=O) groups is 2. The highest BCUT2D eigenvalue weighted by Crippen LogP contribution is 2.31. The van der Waals surface area contributed by atoms with Gasteiger partial charge in [-0.05, 0) is 37.1 Å². The van der Waals surface area contributed by atoms with Crippen LogP contribution in [0.1, 0.15) is 25.3 Å². The highest BCUT2D eigenvalue weighted by Gasteiger charge is 2.27. The van der Waals surface area contributed by atoms with E-state index in [1.807, 2.05) is 6.92 Å². The summed E-state index contributed by atoms with van der Waals surface area (Å²) in [5.41, 5.74) is 2.39. The van der Waals surface area contributed by atoms with E-state index in [0.717, 1.165) is 21.1 Å². The molecule has 0 fully saturated rings. The van der Waals surface area contributed by atoms with Gasteiger partial charge in [0.15, 0.2) is 0 Å². The summed E-state index contributed by atoms with van der Waals surface area (Å²) < 4.78 is 25.6. The number of carbonyl (C=O) groups excluding carboxylic acids is 2. The minimum atomic E-state index is -3.50. The number of nitrogens with one attached hydrogen (secondary N) is 1. The zero-order valence-electron chi connectivity index (χ0n) is 15.4. The second-order valence-electron chi connectivity index (χ2n) is 6.61. The maximum absolute atomic E-state index is 12.4. The zero-order valence-corrected chi connectivity index (χ0v) is 16.2. The standard InChI is InChI=1S/C18H25N3O4S/c1-13(2)12-19-17(22)7-8-18(23)21-10-9-14-11-15(5-6-16(14)21)26(24,25)20(3)4/h5-6,11H,1,7-10,12H2,2-4H3,(H,19,22). The molecule has 0 aromatic heterocycles. The molecule has 0 aliphatic carbocycles. The molecule has 0 spiro atoms. The van der Waals surface area contributed by atoms with Crippen LogP contribution < -0.4 is 10.2 Å². The van der Waals surface area contributed by atoms with Crippen molar-refractivity contribution in [2.24, 2.45) is 0 Å². The van der Waals surface area contributed by atoms with Crippen LogP contribution in [-0.4, -0.2) is 51.7 Å². The molecule has 8 heteroatoms. The lowest BCUT2D eigenvalue weighted by Crippen LogP contribution is -2.31. The van der Waals surface area contributed by atoms with Crippen LogP contribution in [0, 0.1) is 0 Å². The first-order chi connectivity index (χ1) is 12.1. The van der Waals surface area contributed by atoms with Crippen LogP contribution in [0.3, 0.4) is 0 Å². The Labute approximate surface area is 154 Å². The second-order valence-corrected chi connectivity index (χ2v) is 8.76. The highest BCUT2D eigenvalue weighted by molar-refractivity contribution is 7.89. The Morgan fingerprint density at radius 2 is 1.96 bits per heavy atom. The average Bonchev–Trinajstić information content (AvgIpc) is 3.00. The van der Waals surface area contributed by atoms with Crippen molar-refractivity contribution in [1.82, 2.24) is 9.62 Å². The Kier molecular flexibility index (Phi) is 6.20. The van der Waals surface area contributed by atoms with Crippen LogP contribution in [0.15, 0.2) is 35.2 Å². The fourth-order valence-electron chi connectivity index (χ4n) is 2.70. The number of nitrogens with zero attached hydrogens (tertiary/aromatic N) is 2. The zero-order chi connectivity index (χ0) is 19.5. The SMILES string of the molecule is C=C(C)CNC(=O)CCC(=O)N1CCc2cc(S(=O)(=O)N(C)C)ccc21. The van der Waals surface area contributed by atoms with E-state index in [1.54, 1.807) is 17.0 Å². The van der Waals surface area contributed by atoms with E-state index in [0.29, 0.717) is 19.5 Å². The van der Waals surface area contributed by atoms with Gasteiger partial charge in [-0.15, -0.1) is 0 Å². The summed E-state index contributed by atoms with van der Waals surface area (Å²) in [6.07, 6.45) is 0.823. The molecule has 1 N–H and O–H groups in total. The van der Waals surface area contributed by atoms with E-state index in [9.17, 15) is 18.0 Å². The molecule has 1 aliphatic heterocycles. The fraction of sp³-hybridized carbons (Fsp3) is 0.444. The van der Waals surface area contributed by atoms with Gasteiger partial charge in [-0.1, -0.05) is 12.2 Å². The molecular weight excluding hydrogens is 354 g/mol.